The summed E-state index contributed by atoms with van der Waals surface area (Å²) in [4.78, 5) is 62.6. The van der Waals surface area contributed by atoms with Gasteiger partial charge in [0.2, 0.25) is 0 Å². The first-order valence-electron chi connectivity index (χ1n) is 13.2. The van der Waals surface area contributed by atoms with E-state index in [-0.39, 0.29) is 17.0 Å². The zero-order chi connectivity index (χ0) is 31.8. The summed E-state index contributed by atoms with van der Waals surface area (Å²) in [7, 11) is -10.2. The Hall–Kier alpha value is -3.18. The number of aliphatic imine (C=N–C) groups is 1. The Bertz CT molecular complexity index is 1660. The molecule has 5 aliphatic rings. The van der Waals surface area contributed by atoms with Gasteiger partial charge in [-0.15, -0.1) is 0 Å². The summed E-state index contributed by atoms with van der Waals surface area (Å²) < 4.78 is 59.9. The molecule has 4 unspecified atom stereocenters. The summed E-state index contributed by atoms with van der Waals surface area (Å²) in [6.07, 6.45) is -10.4. The first-order chi connectivity index (χ1) is 21.3. The van der Waals surface area contributed by atoms with E-state index in [0.29, 0.717) is 0 Å². The number of anilines is 1. The first-order valence-corrected chi connectivity index (χ1v) is 16.1. The lowest BCUT2D eigenvalue weighted by Gasteiger charge is -2.36. The lowest BCUT2D eigenvalue weighted by atomic mass is 10.1. The van der Waals surface area contributed by atoms with Gasteiger partial charge in [0.05, 0.1) is 25.9 Å². The maximum atomic E-state index is 13.2. The van der Waals surface area contributed by atoms with Gasteiger partial charge >= 0.3 is 21.7 Å². The Morgan fingerprint density at radius 1 is 0.933 bits per heavy atom. The Morgan fingerprint density at radius 2 is 1.62 bits per heavy atom. The highest BCUT2D eigenvalue weighted by atomic mass is 31.2. The second-order valence-corrected chi connectivity index (χ2v) is 13.2. The van der Waals surface area contributed by atoms with Crippen LogP contribution >= 0.6 is 15.6 Å². The molecule has 4 fully saturated rings. The fourth-order valence-electron chi connectivity index (χ4n) is 5.59. The minimum Gasteiger partial charge on any atom is -0.387 e. The number of aliphatic hydroxyl groups excluding tert-OH is 2. The van der Waals surface area contributed by atoms with E-state index in [2.05, 4.69) is 25.3 Å². The molecule has 4 saturated heterocycles. The summed E-state index contributed by atoms with van der Waals surface area (Å²) in [6, 6.07) is -1.98. The number of phosphoric acid groups is 2. The quantitative estimate of drug-likeness (QED) is 0.153. The van der Waals surface area contributed by atoms with Gasteiger partial charge in [-0.05, 0) is 0 Å². The molecule has 0 saturated carbocycles. The number of rotatable bonds is 2. The number of hydrogen-bond donors (Lipinski definition) is 7. The molecule has 0 radical (unpaired) electrons. The number of amides is 3. The minimum absolute atomic E-state index is 0.0298. The standard InChI is InChI=1S/C20H25N9O14P2/c21-14-8-15(23-3-22-14)28(4-24-8)18-11(31)12-7(41-18)2-39-45(36,37)43-13-10(30)6(1-38-44(34,35)42-12)40-19(13)29-5-25-9-16(29)26-20(33)27-17(9)32/h3-7,9-13,16,18-19,30-31H,1-2H2,(H,34,35)(H,36,37)(H2,21,22,23)(H2,26,27,32,33)/t6-,7-,9?,10-,11-,12-,13-,16?,18-,19-/m1/s1. The number of aromatic nitrogens is 4. The fraction of sp³-hybridized carbons (Fsp3) is 0.600. The number of ether oxygens (including phenoxy) is 2. The van der Waals surface area contributed by atoms with Crippen molar-refractivity contribution in [1.82, 2.24) is 35.1 Å². The van der Waals surface area contributed by atoms with Crippen molar-refractivity contribution in [3.63, 3.8) is 0 Å². The lowest BCUT2D eigenvalue weighted by molar-refractivity contribution is -0.126. The van der Waals surface area contributed by atoms with E-state index in [0.717, 1.165) is 12.7 Å². The van der Waals surface area contributed by atoms with E-state index in [4.69, 9.17) is 33.3 Å². The molecule has 244 valence electrons. The number of carbonyl (C=O) groups is 2. The van der Waals surface area contributed by atoms with Gasteiger partial charge in [0.1, 0.15) is 54.6 Å². The molecule has 45 heavy (non-hydrogen) atoms. The van der Waals surface area contributed by atoms with Gasteiger partial charge in [-0.25, -0.2) is 28.9 Å². The molecule has 0 spiro atoms. The Morgan fingerprint density at radius 3 is 2.38 bits per heavy atom. The number of nitrogens with one attached hydrogen (secondary N) is 2. The molecule has 0 aliphatic carbocycles. The number of nitrogen functional groups attached to an aromatic ring is 1. The maximum Gasteiger partial charge on any atom is 0.472 e. The molecule has 8 N–H and O–H groups in total. The monoisotopic (exact) mass is 677 g/mol. The average Bonchev–Trinajstić information content (AvgIpc) is 3.72. The molecule has 0 aromatic carbocycles. The molecular weight excluding hydrogens is 652 g/mol. The maximum absolute atomic E-state index is 13.2. The molecule has 2 aromatic rings. The lowest BCUT2D eigenvalue weighted by Crippen LogP contribution is -2.65. The molecule has 5 aliphatic heterocycles. The number of nitrogens with zero attached hydrogens (tertiary/aromatic N) is 6. The van der Waals surface area contributed by atoms with Gasteiger partial charge in [-0.3, -0.25) is 37.8 Å². The number of fused-ring (bicyclic) bond motifs is 5. The SMILES string of the molecule is Nc1ncnc2c1ncn2[C@@H]1O[C@@H]2COP(=O)(O)O[C@@H]3[C@H](O)[C@@H](COP(=O)(O)O[C@H]2[C@H]1O)O[C@H]3N1C=NC2C(=O)NC(=O)NC21. The third-order valence-electron chi connectivity index (χ3n) is 7.66. The van der Waals surface area contributed by atoms with Crippen LogP contribution in [-0.2, 0) is 41.5 Å². The minimum atomic E-state index is -5.12. The van der Waals surface area contributed by atoms with Crippen molar-refractivity contribution >= 4 is 50.9 Å². The normalized spacial score (nSPS) is 43.6. The van der Waals surface area contributed by atoms with Crippen LogP contribution in [0.1, 0.15) is 6.23 Å². The number of nitrogens with two attached hydrogens (primary N) is 1. The number of urea groups is 1. The first kappa shape index (κ1) is 30.5. The molecule has 2 aromatic heterocycles. The summed E-state index contributed by atoms with van der Waals surface area (Å²) in [6.45, 7) is -1.67. The van der Waals surface area contributed by atoms with Crippen LogP contribution in [0.4, 0.5) is 10.6 Å². The average molecular weight is 677 g/mol. The van der Waals surface area contributed by atoms with Gasteiger partial charge in [0.15, 0.2) is 30.0 Å². The van der Waals surface area contributed by atoms with Crippen molar-refractivity contribution in [3.8, 4) is 0 Å². The van der Waals surface area contributed by atoms with Gasteiger partial charge in [0.25, 0.3) is 5.91 Å². The number of hydrogen-bond acceptors (Lipinski definition) is 18. The van der Waals surface area contributed by atoms with Crippen LogP contribution in [0.2, 0.25) is 0 Å². The Balaban J connectivity index is 1.16. The largest absolute Gasteiger partial charge is 0.472 e. The zero-order valence-electron chi connectivity index (χ0n) is 22.4. The van der Waals surface area contributed by atoms with Crippen molar-refractivity contribution < 1.29 is 66.3 Å². The van der Waals surface area contributed by atoms with Crippen LogP contribution in [0.15, 0.2) is 17.6 Å². The molecule has 25 heteroatoms. The smallest absolute Gasteiger partial charge is 0.387 e. The number of imidazole rings is 1. The van der Waals surface area contributed by atoms with Crippen molar-refractivity contribution in [2.75, 3.05) is 18.9 Å². The highest BCUT2D eigenvalue weighted by Gasteiger charge is 2.56. The summed E-state index contributed by atoms with van der Waals surface area (Å²) >= 11 is 0. The van der Waals surface area contributed by atoms with Gasteiger partial charge in [-0.1, -0.05) is 0 Å². The van der Waals surface area contributed by atoms with E-state index >= 15 is 0 Å². The molecule has 3 amide bonds. The zero-order valence-corrected chi connectivity index (χ0v) is 24.2. The predicted molar refractivity (Wildman–Crippen MR) is 140 cm³/mol. The van der Waals surface area contributed by atoms with Crippen molar-refractivity contribution in [3.05, 3.63) is 12.7 Å². The molecule has 7 heterocycles. The summed E-state index contributed by atoms with van der Waals surface area (Å²) in [5.41, 5.74) is 6.13. The van der Waals surface area contributed by atoms with Crippen molar-refractivity contribution in [1.29, 1.82) is 0 Å². The second-order valence-electron chi connectivity index (χ2n) is 10.4. The van der Waals surface area contributed by atoms with Crippen LogP contribution in [-0.4, -0.2) is 131 Å². The van der Waals surface area contributed by atoms with Crippen LogP contribution in [0.3, 0.4) is 0 Å². The van der Waals surface area contributed by atoms with Crippen LogP contribution < -0.4 is 16.4 Å². The fourth-order valence-corrected chi connectivity index (χ4v) is 7.49. The van der Waals surface area contributed by atoms with Crippen LogP contribution in [0.25, 0.3) is 11.2 Å². The third kappa shape index (κ3) is 5.39. The highest BCUT2D eigenvalue weighted by molar-refractivity contribution is 7.47. The number of carbonyl (C=O) groups excluding carboxylic acids is 2. The molecule has 2 bridgehead atoms. The Labute approximate surface area is 250 Å². The number of phosphoric ester groups is 2. The molecule has 23 nitrogen and oxygen atoms in total. The van der Waals surface area contributed by atoms with Gasteiger partial charge in [0, 0.05) is 0 Å². The molecule has 12 atom stereocenters. The molecular formula is C20H25N9O14P2. The number of imide groups is 1. The second kappa shape index (κ2) is 11.0. The van der Waals surface area contributed by atoms with Gasteiger partial charge < -0.3 is 45.4 Å². The topological polar surface area (TPSA) is 314 Å². The summed E-state index contributed by atoms with van der Waals surface area (Å²) in [5.74, 6) is -0.705. The molecule has 7 rings (SSSR count). The summed E-state index contributed by atoms with van der Waals surface area (Å²) in [5, 5.41) is 26.6. The Kier molecular flexibility index (Phi) is 7.43. The predicted octanol–water partition coefficient (Wildman–Crippen LogP) is -3.35. The van der Waals surface area contributed by atoms with E-state index in [1.54, 1.807) is 0 Å². The number of aliphatic hydroxyl groups is 2. The van der Waals surface area contributed by atoms with Crippen molar-refractivity contribution in [2.45, 2.75) is 61.3 Å². The van der Waals surface area contributed by atoms with Gasteiger partial charge in [-0.2, -0.15) is 0 Å². The van der Waals surface area contributed by atoms with Crippen LogP contribution in [0, 0.1) is 0 Å². The van der Waals surface area contributed by atoms with E-state index < -0.39 is 102 Å². The van der Waals surface area contributed by atoms with E-state index in [9.17, 15) is 38.7 Å². The third-order valence-corrected chi connectivity index (χ3v) is 9.63. The van der Waals surface area contributed by atoms with Crippen LogP contribution in [0.5, 0.6) is 0 Å². The highest BCUT2D eigenvalue weighted by Crippen LogP contribution is 2.53. The van der Waals surface area contributed by atoms with E-state index in [1.807, 2.05) is 5.32 Å². The van der Waals surface area contributed by atoms with E-state index in [1.165, 1.54) is 15.8 Å². The van der Waals surface area contributed by atoms with Crippen molar-refractivity contribution in [2.24, 2.45) is 4.99 Å².